The molecule has 4 nitrogen and oxygen atoms in total. The zero-order valence-electron chi connectivity index (χ0n) is 11.6. The molecule has 1 N–H and O–H groups in total. The zero-order valence-corrected chi connectivity index (χ0v) is 12.4. The Kier molecular flexibility index (Phi) is 4.79. The van der Waals surface area contributed by atoms with Crippen molar-refractivity contribution >= 4 is 17.5 Å². The molecule has 0 radical (unpaired) electrons. The molecule has 0 aliphatic rings. The van der Waals surface area contributed by atoms with Gasteiger partial charge in [-0.25, -0.2) is 0 Å². The van der Waals surface area contributed by atoms with E-state index in [1.165, 1.54) is 0 Å². The molecule has 0 spiro atoms. The second-order valence-electron chi connectivity index (χ2n) is 5.16. The van der Waals surface area contributed by atoms with Gasteiger partial charge in [-0.3, -0.25) is 9.48 Å². The summed E-state index contributed by atoms with van der Waals surface area (Å²) in [6.07, 6.45) is 3.38. The van der Waals surface area contributed by atoms with Crippen LogP contribution in [0, 0.1) is 5.92 Å². The van der Waals surface area contributed by atoms with Crippen molar-refractivity contribution in [1.82, 2.24) is 15.1 Å². The van der Waals surface area contributed by atoms with Crippen LogP contribution in [0.3, 0.4) is 0 Å². The van der Waals surface area contributed by atoms with Crippen molar-refractivity contribution in [2.75, 3.05) is 6.54 Å². The minimum absolute atomic E-state index is 0.0348. The number of benzene rings is 1. The Morgan fingerprint density at radius 3 is 2.60 bits per heavy atom. The molecule has 1 aromatic heterocycles. The number of halogens is 1. The van der Waals surface area contributed by atoms with E-state index in [0.29, 0.717) is 29.6 Å². The van der Waals surface area contributed by atoms with Gasteiger partial charge in [0.2, 0.25) is 0 Å². The van der Waals surface area contributed by atoms with Crippen LogP contribution in [-0.2, 0) is 6.54 Å². The van der Waals surface area contributed by atoms with Crippen molar-refractivity contribution in [1.29, 1.82) is 0 Å². The lowest BCUT2D eigenvalue weighted by atomic mass is 10.1. The fourth-order valence-corrected chi connectivity index (χ4v) is 1.93. The van der Waals surface area contributed by atoms with Gasteiger partial charge >= 0.3 is 0 Å². The van der Waals surface area contributed by atoms with E-state index in [1.807, 2.05) is 24.3 Å². The summed E-state index contributed by atoms with van der Waals surface area (Å²) in [4.78, 5) is 11.9. The third kappa shape index (κ3) is 4.10. The van der Waals surface area contributed by atoms with Crippen LogP contribution in [0.25, 0.3) is 0 Å². The van der Waals surface area contributed by atoms with Crippen LogP contribution in [0.2, 0.25) is 5.02 Å². The number of amides is 1. The Hall–Kier alpha value is -1.81. The fraction of sp³-hybridized carbons (Fsp3) is 0.333. The van der Waals surface area contributed by atoms with Crippen LogP contribution in [0.4, 0.5) is 0 Å². The number of carbonyl (C=O) groups is 1. The van der Waals surface area contributed by atoms with Crippen LogP contribution in [0.1, 0.15) is 29.8 Å². The second-order valence-corrected chi connectivity index (χ2v) is 5.59. The predicted molar refractivity (Wildman–Crippen MR) is 80.0 cm³/mol. The van der Waals surface area contributed by atoms with Crippen LogP contribution >= 0.6 is 11.6 Å². The Morgan fingerprint density at radius 1 is 1.35 bits per heavy atom. The summed E-state index contributed by atoms with van der Waals surface area (Å²) in [7, 11) is 0. The number of hydrogen-bond acceptors (Lipinski definition) is 2. The molecule has 0 aliphatic carbocycles. The van der Waals surface area contributed by atoms with Crippen molar-refractivity contribution in [2.45, 2.75) is 20.4 Å². The van der Waals surface area contributed by atoms with Gasteiger partial charge in [0.1, 0.15) is 0 Å². The van der Waals surface area contributed by atoms with Gasteiger partial charge in [-0.1, -0.05) is 37.6 Å². The Balaban J connectivity index is 1.97. The molecule has 0 bridgehead atoms. The predicted octanol–water partition coefficient (Wildman–Crippen LogP) is 2.97. The smallest absolute Gasteiger partial charge is 0.251 e. The SMILES string of the molecule is CC(C)CNC(=O)c1ccc(Cn2cc(Cl)cn2)cc1. The first-order valence-corrected chi connectivity index (χ1v) is 6.97. The molecule has 0 unspecified atom stereocenters. The molecule has 5 heteroatoms. The molecule has 2 rings (SSSR count). The van der Waals surface area contributed by atoms with E-state index in [0.717, 1.165) is 5.56 Å². The Morgan fingerprint density at radius 2 is 2.05 bits per heavy atom. The molecule has 0 atom stereocenters. The van der Waals surface area contributed by atoms with Crippen molar-refractivity contribution < 1.29 is 4.79 Å². The monoisotopic (exact) mass is 291 g/mol. The zero-order chi connectivity index (χ0) is 14.5. The normalized spacial score (nSPS) is 10.8. The quantitative estimate of drug-likeness (QED) is 0.920. The molecule has 1 amide bonds. The first-order valence-electron chi connectivity index (χ1n) is 6.59. The van der Waals surface area contributed by atoms with Gasteiger partial charge < -0.3 is 5.32 Å². The Labute approximate surface area is 123 Å². The summed E-state index contributed by atoms with van der Waals surface area (Å²) in [5.74, 6) is 0.412. The van der Waals surface area contributed by atoms with Gasteiger partial charge in [0.15, 0.2) is 0 Å². The summed E-state index contributed by atoms with van der Waals surface area (Å²) in [5.41, 5.74) is 1.75. The molecular weight excluding hydrogens is 274 g/mol. The molecule has 0 aliphatic heterocycles. The number of nitrogens with one attached hydrogen (secondary N) is 1. The van der Waals surface area contributed by atoms with Gasteiger partial charge in [0.25, 0.3) is 5.91 Å². The maximum absolute atomic E-state index is 11.9. The molecule has 0 fully saturated rings. The second kappa shape index (κ2) is 6.57. The lowest BCUT2D eigenvalue weighted by Crippen LogP contribution is -2.27. The average molecular weight is 292 g/mol. The van der Waals surface area contributed by atoms with E-state index >= 15 is 0 Å². The molecule has 0 saturated heterocycles. The highest BCUT2D eigenvalue weighted by Crippen LogP contribution is 2.09. The number of nitrogens with zero attached hydrogens (tertiary/aromatic N) is 2. The molecule has 106 valence electrons. The van der Waals surface area contributed by atoms with E-state index in [2.05, 4.69) is 24.3 Å². The molecule has 2 aromatic rings. The van der Waals surface area contributed by atoms with Crippen molar-refractivity contribution in [2.24, 2.45) is 5.92 Å². The van der Waals surface area contributed by atoms with Crippen LogP contribution < -0.4 is 5.32 Å². The van der Waals surface area contributed by atoms with E-state index in [1.54, 1.807) is 17.1 Å². The first kappa shape index (κ1) is 14.6. The summed E-state index contributed by atoms with van der Waals surface area (Å²) in [5, 5.41) is 7.64. The summed E-state index contributed by atoms with van der Waals surface area (Å²) >= 11 is 5.82. The summed E-state index contributed by atoms with van der Waals surface area (Å²) in [6, 6.07) is 7.52. The number of aromatic nitrogens is 2. The maximum atomic E-state index is 11.9. The van der Waals surface area contributed by atoms with Gasteiger partial charge in [-0.2, -0.15) is 5.10 Å². The van der Waals surface area contributed by atoms with Crippen molar-refractivity contribution in [3.63, 3.8) is 0 Å². The molecule has 20 heavy (non-hydrogen) atoms. The molecule has 1 aromatic carbocycles. The van der Waals surface area contributed by atoms with E-state index in [4.69, 9.17) is 11.6 Å². The van der Waals surface area contributed by atoms with Gasteiger partial charge in [-0.05, 0) is 23.6 Å². The fourth-order valence-electron chi connectivity index (χ4n) is 1.77. The van der Waals surface area contributed by atoms with Gasteiger partial charge in [-0.15, -0.1) is 0 Å². The van der Waals surface area contributed by atoms with Gasteiger partial charge in [0, 0.05) is 18.3 Å². The minimum Gasteiger partial charge on any atom is -0.352 e. The lowest BCUT2D eigenvalue weighted by Gasteiger charge is -2.08. The van der Waals surface area contributed by atoms with Crippen molar-refractivity contribution in [3.8, 4) is 0 Å². The lowest BCUT2D eigenvalue weighted by molar-refractivity contribution is 0.0949. The molecule has 0 saturated carbocycles. The highest BCUT2D eigenvalue weighted by Gasteiger charge is 2.06. The van der Waals surface area contributed by atoms with E-state index < -0.39 is 0 Å². The van der Waals surface area contributed by atoms with Crippen LogP contribution in [0.15, 0.2) is 36.7 Å². The van der Waals surface area contributed by atoms with E-state index in [9.17, 15) is 4.79 Å². The maximum Gasteiger partial charge on any atom is 0.251 e. The standard InChI is InChI=1S/C15H18ClN3O/c1-11(2)7-17-15(20)13-5-3-12(4-6-13)9-19-10-14(16)8-18-19/h3-6,8,10-11H,7,9H2,1-2H3,(H,17,20). The molecule has 1 heterocycles. The molecular formula is C15H18ClN3O. The van der Waals surface area contributed by atoms with Crippen LogP contribution in [0.5, 0.6) is 0 Å². The topological polar surface area (TPSA) is 46.9 Å². The summed E-state index contributed by atoms with van der Waals surface area (Å²) < 4.78 is 1.76. The van der Waals surface area contributed by atoms with Crippen LogP contribution in [-0.4, -0.2) is 22.2 Å². The first-order chi connectivity index (χ1) is 9.54. The Bertz CT molecular complexity index is 575. The number of rotatable bonds is 5. The minimum atomic E-state index is -0.0348. The third-order valence-electron chi connectivity index (χ3n) is 2.83. The largest absolute Gasteiger partial charge is 0.352 e. The van der Waals surface area contributed by atoms with Gasteiger partial charge in [0.05, 0.1) is 17.8 Å². The third-order valence-corrected chi connectivity index (χ3v) is 3.03. The van der Waals surface area contributed by atoms with Crippen molar-refractivity contribution in [3.05, 3.63) is 52.8 Å². The number of hydrogen-bond donors (Lipinski definition) is 1. The highest BCUT2D eigenvalue weighted by atomic mass is 35.5. The van der Waals surface area contributed by atoms with E-state index in [-0.39, 0.29) is 5.91 Å². The highest BCUT2D eigenvalue weighted by molar-refractivity contribution is 6.30. The average Bonchev–Trinajstić information content (AvgIpc) is 2.82. The number of carbonyl (C=O) groups excluding carboxylic acids is 1. The summed E-state index contributed by atoms with van der Waals surface area (Å²) in [6.45, 7) is 5.46.